The van der Waals surface area contributed by atoms with Crippen LogP contribution in [0.2, 0.25) is 0 Å². The molecule has 1 unspecified atom stereocenters. The Kier molecular flexibility index (Phi) is 29.8. The van der Waals surface area contributed by atoms with Crippen LogP contribution in [0.1, 0.15) is 226 Å². The first-order valence-corrected chi connectivity index (χ1v) is 20.0. The number of hydrogen-bond acceptors (Lipinski definition) is 2. The van der Waals surface area contributed by atoms with Gasteiger partial charge in [-0.05, 0) is 25.7 Å². The second-order valence-electron chi connectivity index (χ2n) is 13.9. The SMILES string of the molecule is CCCCCCCCCCCCCCCCCCN1C=CN(CCCCCCCC)C1CCCCCCCCCCC. The van der Waals surface area contributed by atoms with Crippen LogP contribution in [0.3, 0.4) is 0 Å². The molecule has 0 saturated carbocycles. The van der Waals surface area contributed by atoms with Crippen molar-refractivity contribution in [1.82, 2.24) is 9.80 Å². The fourth-order valence-electron chi connectivity index (χ4n) is 6.89. The molecule has 0 aromatic carbocycles. The Morgan fingerprint density at radius 2 is 0.548 bits per heavy atom. The molecular weight excluding hydrogens is 508 g/mol. The third-order valence-corrected chi connectivity index (χ3v) is 9.82. The number of nitrogens with zero attached hydrogens (tertiary/aromatic N) is 2. The van der Waals surface area contributed by atoms with Gasteiger partial charge in [-0.2, -0.15) is 0 Å². The van der Waals surface area contributed by atoms with Gasteiger partial charge in [0.15, 0.2) is 0 Å². The van der Waals surface area contributed by atoms with Crippen molar-refractivity contribution in [1.29, 1.82) is 0 Å². The first kappa shape index (κ1) is 39.4. The number of rotatable bonds is 34. The molecular formula is C40H80N2. The summed E-state index contributed by atoms with van der Waals surface area (Å²) in [6.07, 6.45) is 51.4. The van der Waals surface area contributed by atoms with Gasteiger partial charge in [0.05, 0.1) is 0 Å². The van der Waals surface area contributed by atoms with Crippen molar-refractivity contribution in [3.8, 4) is 0 Å². The predicted octanol–water partition coefficient (Wildman–Crippen LogP) is 13.9. The average Bonchev–Trinajstić information content (AvgIpc) is 3.38. The first-order valence-electron chi connectivity index (χ1n) is 20.0. The highest BCUT2D eigenvalue weighted by Crippen LogP contribution is 2.24. The molecule has 1 atom stereocenters. The summed E-state index contributed by atoms with van der Waals surface area (Å²) in [4.78, 5) is 5.42. The summed E-state index contributed by atoms with van der Waals surface area (Å²) in [7, 11) is 0. The molecule has 0 spiro atoms. The zero-order valence-corrected chi connectivity index (χ0v) is 29.7. The lowest BCUT2D eigenvalue weighted by molar-refractivity contribution is 0.135. The lowest BCUT2D eigenvalue weighted by Gasteiger charge is -2.33. The minimum absolute atomic E-state index is 0.640. The van der Waals surface area contributed by atoms with Gasteiger partial charge < -0.3 is 9.80 Å². The molecule has 2 heteroatoms. The quantitative estimate of drug-likeness (QED) is 0.0690. The smallest absolute Gasteiger partial charge is 0.101 e. The molecule has 0 bridgehead atoms. The van der Waals surface area contributed by atoms with E-state index in [0.29, 0.717) is 6.17 Å². The lowest BCUT2D eigenvalue weighted by atomic mass is 10.0. The molecule has 0 aromatic heterocycles. The molecule has 0 N–H and O–H groups in total. The van der Waals surface area contributed by atoms with Gasteiger partial charge in [0.2, 0.25) is 0 Å². The third-order valence-electron chi connectivity index (χ3n) is 9.82. The van der Waals surface area contributed by atoms with Gasteiger partial charge >= 0.3 is 0 Å². The van der Waals surface area contributed by atoms with E-state index in [1.165, 1.54) is 219 Å². The van der Waals surface area contributed by atoms with Crippen molar-refractivity contribution in [2.45, 2.75) is 232 Å². The Morgan fingerprint density at radius 3 is 0.833 bits per heavy atom. The molecule has 0 saturated heterocycles. The second kappa shape index (κ2) is 31.8. The first-order chi connectivity index (χ1) is 20.8. The molecule has 0 aromatic rings. The Hall–Kier alpha value is -0.660. The summed E-state index contributed by atoms with van der Waals surface area (Å²) in [6, 6.07) is 0. The van der Waals surface area contributed by atoms with Crippen LogP contribution in [0.25, 0.3) is 0 Å². The van der Waals surface area contributed by atoms with Crippen LogP contribution in [0.5, 0.6) is 0 Å². The largest absolute Gasteiger partial charge is 0.356 e. The highest BCUT2D eigenvalue weighted by atomic mass is 15.4. The van der Waals surface area contributed by atoms with E-state index in [2.05, 4.69) is 43.0 Å². The number of hydrogen-bond donors (Lipinski definition) is 0. The molecule has 1 heterocycles. The van der Waals surface area contributed by atoms with E-state index in [0.717, 1.165) is 0 Å². The molecule has 1 aliphatic rings. The average molecular weight is 589 g/mol. The van der Waals surface area contributed by atoms with E-state index in [-0.39, 0.29) is 0 Å². The van der Waals surface area contributed by atoms with E-state index >= 15 is 0 Å². The van der Waals surface area contributed by atoms with E-state index in [9.17, 15) is 0 Å². The number of unbranched alkanes of at least 4 members (excludes halogenated alkanes) is 28. The summed E-state index contributed by atoms with van der Waals surface area (Å²) < 4.78 is 0. The maximum Gasteiger partial charge on any atom is 0.101 e. The Bertz CT molecular complexity index is 544. The molecule has 0 fully saturated rings. The Balaban J connectivity index is 2.13. The summed E-state index contributed by atoms with van der Waals surface area (Å²) in [5.41, 5.74) is 0. The minimum Gasteiger partial charge on any atom is -0.356 e. The molecule has 1 rings (SSSR count). The highest BCUT2D eigenvalue weighted by Gasteiger charge is 2.24. The van der Waals surface area contributed by atoms with Gasteiger partial charge in [0, 0.05) is 25.5 Å². The fourth-order valence-corrected chi connectivity index (χ4v) is 6.89. The topological polar surface area (TPSA) is 6.48 Å². The Morgan fingerprint density at radius 1 is 0.310 bits per heavy atom. The van der Waals surface area contributed by atoms with Crippen LogP contribution < -0.4 is 0 Å². The van der Waals surface area contributed by atoms with E-state index < -0.39 is 0 Å². The zero-order valence-electron chi connectivity index (χ0n) is 29.7. The Labute approximate surface area is 267 Å². The van der Waals surface area contributed by atoms with E-state index in [1.54, 1.807) is 0 Å². The molecule has 0 amide bonds. The molecule has 0 aliphatic carbocycles. The third kappa shape index (κ3) is 23.8. The van der Waals surface area contributed by atoms with Crippen LogP contribution in [0.15, 0.2) is 12.4 Å². The maximum absolute atomic E-state index is 2.71. The van der Waals surface area contributed by atoms with Crippen molar-refractivity contribution in [2.75, 3.05) is 13.1 Å². The van der Waals surface area contributed by atoms with Gasteiger partial charge in [0.1, 0.15) is 6.17 Å². The molecule has 0 radical (unpaired) electrons. The van der Waals surface area contributed by atoms with Gasteiger partial charge in [-0.3, -0.25) is 0 Å². The van der Waals surface area contributed by atoms with Crippen molar-refractivity contribution in [3.63, 3.8) is 0 Å². The molecule has 1 aliphatic heterocycles. The highest BCUT2D eigenvalue weighted by molar-refractivity contribution is 4.97. The minimum atomic E-state index is 0.640. The van der Waals surface area contributed by atoms with Crippen molar-refractivity contribution < 1.29 is 0 Å². The van der Waals surface area contributed by atoms with Crippen LogP contribution >= 0.6 is 0 Å². The van der Waals surface area contributed by atoms with Gasteiger partial charge in [-0.25, -0.2) is 0 Å². The second-order valence-corrected chi connectivity index (χ2v) is 13.9. The van der Waals surface area contributed by atoms with Crippen molar-refractivity contribution >= 4 is 0 Å². The van der Waals surface area contributed by atoms with Crippen LogP contribution in [0.4, 0.5) is 0 Å². The van der Waals surface area contributed by atoms with Crippen LogP contribution in [-0.4, -0.2) is 29.1 Å². The van der Waals surface area contributed by atoms with Crippen LogP contribution in [-0.2, 0) is 0 Å². The fraction of sp³-hybridized carbons (Fsp3) is 0.950. The standard InChI is InChI=1S/C40H80N2/c1-4-7-10-13-16-18-19-20-21-22-23-24-26-28-31-34-37-42-39-38-41(36-33-30-15-12-9-6-3)40(42)35-32-29-27-25-17-14-11-8-5-2/h38-40H,4-37H2,1-3H3. The summed E-state index contributed by atoms with van der Waals surface area (Å²) in [5, 5.41) is 0. The van der Waals surface area contributed by atoms with Gasteiger partial charge in [-0.15, -0.1) is 0 Å². The van der Waals surface area contributed by atoms with Crippen molar-refractivity contribution in [3.05, 3.63) is 12.4 Å². The van der Waals surface area contributed by atoms with Crippen LogP contribution in [0, 0.1) is 0 Å². The predicted molar refractivity (Wildman–Crippen MR) is 191 cm³/mol. The lowest BCUT2D eigenvalue weighted by Crippen LogP contribution is -2.39. The summed E-state index contributed by atoms with van der Waals surface area (Å²) in [5.74, 6) is 0. The summed E-state index contributed by atoms with van der Waals surface area (Å²) in [6.45, 7) is 9.48. The van der Waals surface area contributed by atoms with E-state index in [4.69, 9.17) is 0 Å². The molecule has 250 valence electrons. The van der Waals surface area contributed by atoms with Gasteiger partial charge in [-0.1, -0.05) is 201 Å². The van der Waals surface area contributed by atoms with Gasteiger partial charge in [0.25, 0.3) is 0 Å². The monoisotopic (exact) mass is 589 g/mol. The molecule has 2 nitrogen and oxygen atoms in total. The van der Waals surface area contributed by atoms with E-state index in [1.807, 2.05) is 0 Å². The molecule has 42 heavy (non-hydrogen) atoms. The zero-order chi connectivity index (χ0) is 30.2. The normalized spacial score (nSPS) is 15.0. The van der Waals surface area contributed by atoms with Crippen molar-refractivity contribution in [2.24, 2.45) is 0 Å². The maximum atomic E-state index is 2.71. The summed E-state index contributed by atoms with van der Waals surface area (Å²) >= 11 is 0.